The first-order valence-corrected chi connectivity index (χ1v) is 8.85. The van der Waals surface area contributed by atoms with Crippen molar-refractivity contribution in [1.29, 1.82) is 0 Å². The molecule has 28 heavy (non-hydrogen) atoms. The number of pyridine rings is 1. The Kier molecular flexibility index (Phi) is 4.55. The van der Waals surface area contributed by atoms with E-state index >= 15 is 0 Å². The molecule has 4 aromatic rings. The van der Waals surface area contributed by atoms with Crippen LogP contribution in [0.5, 0.6) is 0 Å². The topological polar surface area (TPSA) is 40.7 Å². The molecule has 0 aliphatic rings. The molecule has 0 saturated heterocycles. The third-order valence-corrected chi connectivity index (χ3v) is 4.76. The molecule has 0 aliphatic carbocycles. The van der Waals surface area contributed by atoms with Crippen LogP contribution < -0.4 is 5.32 Å². The predicted octanol–water partition coefficient (Wildman–Crippen LogP) is 6.09. The van der Waals surface area contributed by atoms with Gasteiger partial charge in [-0.1, -0.05) is 36.4 Å². The Balaban J connectivity index is 1.83. The second-order valence-electron chi connectivity index (χ2n) is 6.62. The summed E-state index contributed by atoms with van der Waals surface area (Å²) in [6.45, 7) is 1.96. The number of rotatable bonds is 4. The zero-order chi connectivity index (χ0) is 19.7. The zero-order valence-corrected chi connectivity index (χ0v) is 15.1. The number of fused-ring (bicyclic) bond motifs is 1. The summed E-state index contributed by atoms with van der Waals surface area (Å²) in [6.07, 6.45) is -2.69. The number of nitrogens with one attached hydrogen (secondary N) is 2. The van der Waals surface area contributed by atoms with Crippen molar-refractivity contribution in [2.75, 3.05) is 5.32 Å². The van der Waals surface area contributed by atoms with Crippen LogP contribution in [-0.4, -0.2) is 9.97 Å². The van der Waals surface area contributed by atoms with Crippen LogP contribution in [0.15, 0.2) is 72.9 Å². The molecule has 0 amide bonds. The molecule has 2 N–H and O–H groups in total. The Labute approximate surface area is 160 Å². The van der Waals surface area contributed by atoms with E-state index in [1.807, 2.05) is 49.4 Å². The molecule has 142 valence electrons. The third kappa shape index (κ3) is 3.45. The summed E-state index contributed by atoms with van der Waals surface area (Å²) in [4.78, 5) is 7.68. The Morgan fingerprint density at radius 2 is 1.64 bits per heavy atom. The molecule has 1 unspecified atom stereocenters. The van der Waals surface area contributed by atoms with Gasteiger partial charge in [0.1, 0.15) is 5.82 Å². The van der Waals surface area contributed by atoms with Crippen LogP contribution in [-0.2, 0) is 6.18 Å². The molecule has 4 rings (SSSR count). The number of H-pyrrole nitrogens is 1. The minimum atomic E-state index is -4.36. The Morgan fingerprint density at radius 1 is 0.929 bits per heavy atom. The van der Waals surface area contributed by atoms with Gasteiger partial charge in [0.15, 0.2) is 0 Å². The fourth-order valence-corrected chi connectivity index (χ4v) is 3.45. The van der Waals surface area contributed by atoms with Gasteiger partial charge in [-0.15, -0.1) is 0 Å². The maximum Gasteiger partial charge on any atom is 0.416 e. The average Bonchev–Trinajstić information content (AvgIpc) is 3.02. The first kappa shape index (κ1) is 18.1. The molecule has 0 bridgehead atoms. The number of nitrogens with zero attached hydrogens (tertiary/aromatic N) is 1. The zero-order valence-electron chi connectivity index (χ0n) is 15.1. The number of hydrogen-bond acceptors (Lipinski definition) is 2. The number of aromatic amines is 1. The molecule has 3 nitrogen and oxygen atoms in total. The van der Waals surface area contributed by atoms with Crippen LogP contribution in [0.1, 0.15) is 28.4 Å². The Morgan fingerprint density at radius 3 is 2.32 bits per heavy atom. The van der Waals surface area contributed by atoms with Crippen molar-refractivity contribution in [2.24, 2.45) is 0 Å². The standard InChI is InChI=1S/C22H18F3N3/c1-14-20(17-6-2-3-7-18(17)27-14)21(28-19-8-4-5-13-26-19)15-9-11-16(12-10-15)22(23,24)25/h2-13,21,27H,1H3,(H,26,28). The molecular weight excluding hydrogens is 363 g/mol. The lowest BCUT2D eigenvalue weighted by Gasteiger charge is -2.21. The number of alkyl halides is 3. The monoisotopic (exact) mass is 381 g/mol. The number of hydrogen-bond donors (Lipinski definition) is 2. The van der Waals surface area contributed by atoms with Crippen molar-refractivity contribution in [2.45, 2.75) is 19.1 Å². The highest BCUT2D eigenvalue weighted by Gasteiger charge is 2.30. The van der Waals surface area contributed by atoms with Crippen LogP contribution >= 0.6 is 0 Å². The summed E-state index contributed by atoms with van der Waals surface area (Å²) in [5, 5.41) is 4.40. The molecular formula is C22H18F3N3. The first-order valence-electron chi connectivity index (χ1n) is 8.85. The van der Waals surface area contributed by atoms with E-state index in [1.54, 1.807) is 6.20 Å². The number of aryl methyl sites for hydroxylation is 1. The number of anilines is 1. The van der Waals surface area contributed by atoms with Crippen LogP contribution in [0.3, 0.4) is 0 Å². The summed E-state index contributed by atoms with van der Waals surface area (Å²) in [6, 6.07) is 18.3. The average molecular weight is 381 g/mol. The van der Waals surface area contributed by atoms with Crippen molar-refractivity contribution in [3.63, 3.8) is 0 Å². The van der Waals surface area contributed by atoms with Crippen LogP contribution in [0, 0.1) is 6.92 Å². The van der Waals surface area contributed by atoms with Crippen molar-refractivity contribution < 1.29 is 13.2 Å². The van der Waals surface area contributed by atoms with E-state index in [4.69, 9.17) is 0 Å². The van der Waals surface area contributed by atoms with Crippen molar-refractivity contribution in [3.05, 3.63) is 95.3 Å². The molecule has 2 aromatic heterocycles. The Hall–Kier alpha value is -3.28. The maximum absolute atomic E-state index is 13.0. The van der Waals surface area contributed by atoms with E-state index < -0.39 is 11.7 Å². The Bertz CT molecular complexity index is 1080. The quantitative estimate of drug-likeness (QED) is 0.449. The minimum absolute atomic E-state index is 0.353. The highest BCUT2D eigenvalue weighted by molar-refractivity contribution is 5.86. The maximum atomic E-state index is 13.0. The van der Waals surface area contributed by atoms with Crippen molar-refractivity contribution in [1.82, 2.24) is 9.97 Å². The lowest BCUT2D eigenvalue weighted by Crippen LogP contribution is -2.14. The molecule has 0 spiro atoms. The summed E-state index contributed by atoms with van der Waals surface area (Å²) in [5.74, 6) is 0.650. The summed E-state index contributed by atoms with van der Waals surface area (Å²) in [7, 11) is 0. The van der Waals surface area contributed by atoms with Crippen LogP contribution in [0.25, 0.3) is 10.9 Å². The molecule has 0 saturated carbocycles. The number of aromatic nitrogens is 2. The van der Waals surface area contributed by atoms with Gasteiger partial charge in [0.2, 0.25) is 0 Å². The number of halogens is 3. The highest BCUT2D eigenvalue weighted by Crippen LogP contribution is 2.36. The molecule has 6 heteroatoms. The first-order chi connectivity index (χ1) is 13.4. The SMILES string of the molecule is Cc1[nH]c2ccccc2c1C(Nc1ccccn1)c1ccc(C(F)(F)F)cc1. The van der Waals surface area contributed by atoms with Gasteiger partial charge in [-0.2, -0.15) is 13.2 Å². The van der Waals surface area contributed by atoms with Gasteiger partial charge >= 0.3 is 6.18 Å². The molecule has 0 aliphatic heterocycles. The molecule has 1 atom stereocenters. The smallest absolute Gasteiger partial charge is 0.359 e. The second-order valence-corrected chi connectivity index (χ2v) is 6.62. The third-order valence-electron chi connectivity index (χ3n) is 4.76. The molecule has 2 heterocycles. The van der Waals surface area contributed by atoms with Gasteiger partial charge in [0.25, 0.3) is 0 Å². The van der Waals surface area contributed by atoms with E-state index in [-0.39, 0.29) is 6.04 Å². The lowest BCUT2D eigenvalue weighted by molar-refractivity contribution is -0.137. The van der Waals surface area contributed by atoms with E-state index in [2.05, 4.69) is 15.3 Å². The molecule has 0 radical (unpaired) electrons. The van der Waals surface area contributed by atoms with Gasteiger partial charge in [-0.05, 0) is 42.8 Å². The normalized spacial score (nSPS) is 12.9. The van der Waals surface area contributed by atoms with Crippen LogP contribution in [0.4, 0.5) is 19.0 Å². The molecule has 2 aromatic carbocycles. The fourth-order valence-electron chi connectivity index (χ4n) is 3.45. The van der Waals surface area contributed by atoms with E-state index in [1.165, 1.54) is 12.1 Å². The van der Waals surface area contributed by atoms with E-state index in [0.29, 0.717) is 5.82 Å². The molecule has 0 fully saturated rings. The fraction of sp³-hybridized carbons (Fsp3) is 0.136. The van der Waals surface area contributed by atoms with Gasteiger partial charge in [-0.25, -0.2) is 4.98 Å². The summed E-state index contributed by atoms with van der Waals surface area (Å²) < 4.78 is 38.9. The lowest BCUT2D eigenvalue weighted by atomic mass is 9.95. The van der Waals surface area contributed by atoms with Gasteiger partial charge in [0, 0.05) is 28.4 Å². The minimum Gasteiger partial charge on any atom is -0.359 e. The van der Waals surface area contributed by atoms with Gasteiger partial charge in [0.05, 0.1) is 11.6 Å². The van der Waals surface area contributed by atoms with Gasteiger partial charge < -0.3 is 10.3 Å². The van der Waals surface area contributed by atoms with E-state index in [0.717, 1.165) is 39.9 Å². The van der Waals surface area contributed by atoms with Crippen molar-refractivity contribution >= 4 is 16.7 Å². The number of benzene rings is 2. The highest BCUT2D eigenvalue weighted by atomic mass is 19.4. The largest absolute Gasteiger partial charge is 0.416 e. The summed E-state index contributed by atoms with van der Waals surface area (Å²) >= 11 is 0. The van der Waals surface area contributed by atoms with E-state index in [9.17, 15) is 13.2 Å². The van der Waals surface area contributed by atoms with Crippen LogP contribution in [0.2, 0.25) is 0 Å². The van der Waals surface area contributed by atoms with Gasteiger partial charge in [-0.3, -0.25) is 0 Å². The van der Waals surface area contributed by atoms with Crippen molar-refractivity contribution in [3.8, 4) is 0 Å². The number of para-hydroxylation sites is 1. The second kappa shape index (κ2) is 7.03. The summed E-state index contributed by atoms with van der Waals surface area (Å²) in [5.41, 5.74) is 2.99. The predicted molar refractivity (Wildman–Crippen MR) is 104 cm³/mol.